The van der Waals surface area contributed by atoms with Gasteiger partial charge in [0.2, 0.25) is 0 Å². The van der Waals surface area contributed by atoms with Gasteiger partial charge in [-0.15, -0.1) is 0 Å². The molecule has 0 aliphatic heterocycles. The predicted octanol–water partition coefficient (Wildman–Crippen LogP) is 2.26. The van der Waals surface area contributed by atoms with Crippen LogP contribution in [0.5, 0.6) is 0 Å². The van der Waals surface area contributed by atoms with Crippen LogP contribution in [-0.2, 0) is 14.3 Å². The summed E-state index contributed by atoms with van der Waals surface area (Å²) in [6, 6.07) is 0. The molecular formula is C11H18O3. The molecule has 0 N–H and O–H groups in total. The minimum atomic E-state index is -0.290. The van der Waals surface area contributed by atoms with Crippen molar-refractivity contribution in [2.45, 2.75) is 40.0 Å². The Balaban J connectivity index is 3.45. The van der Waals surface area contributed by atoms with Gasteiger partial charge in [0.1, 0.15) is 5.78 Å². The summed E-state index contributed by atoms with van der Waals surface area (Å²) in [5.74, 6) is -0.0971. The Bertz CT molecular complexity index is 225. The number of Topliss-reactive ketones (excluding diaryl/α,β-unsaturated/α-hetero) is 1. The summed E-state index contributed by atoms with van der Waals surface area (Å²) in [6.45, 7) is 5.64. The summed E-state index contributed by atoms with van der Waals surface area (Å²) in [5, 5.41) is 0. The van der Waals surface area contributed by atoms with Gasteiger partial charge in [-0.1, -0.05) is 11.6 Å². The highest BCUT2D eigenvalue weighted by Crippen LogP contribution is 2.00. The third-order valence-electron chi connectivity index (χ3n) is 1.64. The van der Waals surface area contributed by atoms with Crippen LogP contribution >= 0.6 is 0 Å². The van der Waals surface area contributed by atoms with Crippen LogP contribution in [-0.4, -0.2) is 18.4 Å². The Hall–Kier alpha value is -1.12. The van der Waals surface area contributed by atoms with Crippen molar-refractivity contribution >= 4 is 11.8 Å². The van der Waals surface area contributed by atoms with Gasteiger partial charge in [-0.2, -0.15) is 0 Å². The number of hydrogen-bond acceptors (Lipinski definition) is 3. The van der Waals surface area contributed by atoms with E-state index in [4.69, 9.17) is 4.74 Å². The Labute approximate surface area is 85.1 Å². The van der Waals surface area contributed by atoms with E-state index < -0.39 is 0 Å². The highest BCUT2D eigenvalue weighted by Gasteiger charge is 2.00. The molecular weight excluding hydrogens is 180 g/mol. The molecule has 0 rings (SSSR count). The van der Waals surface area contributed by atoms with Crippen molar-refractivity contribution in [1.29, 1.82) is 0 Å². The number of carbonyl (C=O) groups excluding carboxylic acids is 2. The first-order valence-electron chi connectivity index (χ1n) is 4.81. The van der Waals surface area contributed by atoms with Crippen LogP contribution in [0, 0.1) is 0 Å². The number of esters is 1. The number of hydrogen-bond donors (Lipinski definition) is 0. The van der Waals surface area contributed by atoms with Crippen LogP contribution in [0.3, 0.4) is 0 Å². The molecule has 3 heteroatoms. The van der Waals surface area contributed by atoms with Crippen molar-refractivity contribution in [3.8, 4) is 0 Å². The molecule has 0 amide bonds. The van der Waals surface area contributed by atoms with Gasteiger partial charge in [-0.3, -0.25) is 9.59 Å². The third kappa shape index (κ3) is 8.97. The largest absolute Gasteiger partial charge is 0.466 e. The molecule has 0 aliphatic carbocycles. The van der Waals surface area contributed by atoms with E-state index in [1.807, 2.05) is 19.9 Å². The maximum Gasteiger partial charge on any atom is 0.302 e. The van der Waals surface area contributed by atoms with E-state index in [1.165, 1.54) is 6.92 Å². The maximum atomic E-state index is 11.2. The van der Waals surface area contributed by atoms with Crippen LogP contribution in [0.4, 0.5) is 0 Å². The lowest BCUT2D eigenvalue weighted by molar-refractivity contribution is -0.141. The fraction of sp³-hybridized carbons (Fsp3) is 0.636. The van der Waals surface area contributed by atoms with E-state index in [0.29, 0.717) is 25.9 Å². The van der Waals surface area contributed by atoms with Crippen LogP contribution in [0.15, 0.2) is 11.6 Å². The zero-order chi connectivity index (χ0) is 11.0. The zero-order valence-corrected chi connectivity index (χ0v) is 9.13. The van der Waals surface area contributed by atoms with Crippen molar-refractivity contribution in [3.05, 3.63) is 11.6 Å². The van der Waals surface area contributed by atoms with E-state index >= 15 is 0 Å². The molecule has 0 radical (unpaired) electrons. The Morgan fingerprint density at radius 1 is 1.21 bits per heavy atom. The standard InChI is InChI=1S/C11H18O3/c1-9(2)6-7-11(13)5-4-8-14-10(3)12/h6H,4-5,7-8H2,1-3H3. The molecule has 0 fully saturated rings. The van der Waals surface area contributed by atoms with Crippen molar-refractivity contribution in [1.82, 2.24) is 0 Å². The molecule has 0 aromatic carbocycles. The first kappa shape index (κ1) is 12.9. The molecule has 0 saturated heterocycles. The summed E-state index contributed by atoms with van der Waals surface area (Å²) < 4.78 is 4.71. The highest BCUT2D eigenvalue weighted by molar-refractivity contribution is 5.79. The fourth-order valence-electron chi connectivity index (χ4n) is 0.905. The van der Waals surface area contributed by atoms with E-state index in [2.05, 4.69) is 0 Å². The number of rotatable bonds is 6. The highest BCUT2D eigenvalue weighted by atomic mass is 16.5. The summed E-state index contributed by atoms with van der Waals surface area (Å²) in [6.07, 6.45) is 3.50. The smallest absolute Gasteiger partial charge is 0.302 e. The Kier molecular flexibility index (Phi) is 6.72. The lowest BCUT2D eigenvalue weighted by Gasteiger charge is -2.00. The van der Waals surface area contributed by atoms with E-state index in [-0.39, 0.29) is 11.8 Å². The number of allylic oxidation sites excluding steroid dienone is 2. The Morgan fingerprint density at radius 2 is 1.86 bits per heavy atom. The van der Waals surface area contributed by atoms with Crippen LogP contribution in [0.2, 0.25) is 0 Å². The van der Waals surface area contributed by atoms with Gasteiger partial charge in [-0.05, 0) is 20.3 Å². The van der Waals surface area contributed by atoms with E-state index in [0.717, 1.165) is 5.57 Å². The van der Waals surface area contributed by atoms with Crippen molar-refractivity contribution in [2.75, 3.05) is 6.61 Å². The second-order valence-corrected chi connectivity index (χ2v) is 3.47. The summed E-state index contributed by atoms with van der Waals surface area (Å²) in [5.41, 5.74) is 1.15. The lowest BCUT2D eigenvalue weighted by Crippen LogP contribution is -2.03. The molecule has 0 bridgehead atoms. The Morgan fingerprint density at radius 3 is 2.36 bits per heavy atom. The van der Waals surface area contributed by atoms with Crippen LogP contribution in [0.25, 0.3) is 0 Å². The molecule has 0 aromatic rings. The number of ketones is 1. The van der Waals surface area contributed by atoms with Gasteiger partial charge in [0, 0.05) is 19.8 Å². The molecule has 14 heavy (non-hydrogen) atoms. The van der Waals surface area contributed by atoms with Gasteiger partial charge < -0.3 is 4.74 Å². The topological polar surface area (TPSA) is 43.4 Å². The molecule has 0 spiro atoms. The van der Waals surface area contributed by atoms with E-state index in [9.17, 15) is 9.59 Å². The molecule has 0 aliphatic rings. The van der Waals surface area contributed by atoms with Gasteiger partial charge in [0.25, 0.3) is 0 Å². The monoisotopic (exact) mass is 198 g/mol. The first-order valence-corrected chi connectivity index (χ1v) is 4.81. The predicted molar refractivity (Wildman–Crippen MR) is 54.9 cm³/mol. The molecule has 3 nitrogen and oxygen atoms in total. The van der Waals surface area contributed by atoms with Crippen LogP contribution in [0.1, 0.15) is 40.0 Å². The van der Waals surface area contributed by atoms with Crippen molar-refractivity contribution in [2.24, 2.45) is 0 Å². The zero-order valence-electron chi connectivity index (χ0n) is 9.13. The molecule has 0 saturated carbocycles. The minimum Gasteiger partial charge on any atom is -0.466 e. The average Bonchev–Trinajstić information content (AvgIpc) is 2.08. The second kappa shape index (κ2) is 7.30. The van der Waals surface area contributed by atoms with E-state index in [1.54, 1.807) is 0 Å². The molecule has 0 unspecified atom stereocenters. The molecule has 80 valence electrons. The number of carbonyl (C=O) groups is 2. The third-order valence-corrected chi connectivity index (χ3v) is 1.64. The quantitative estimate of drug-likeness (QED) is 0.373. The fourth-order valence-corrected chi connectivity index (χ4v) is 0.905. The average molecular weight is 198 g/mol. The first-order chi connectivity index (χ1) is 6.52. The molecule has 0 aromatic heterocycles. The van der Waals surface area contributed by atoms with Crippen molar-refractivity contribution < 1.29 is 14.3 Å². The van der Waals surface area contributed by atoms with Gasteiger partial charge >= 0.3 is 5.97 Å². The minimum absolute atomic E-state index is 0.193. The molecule has 0 heterocycles. The number of ether oxygens (including phenoxy) is 1. The SMILES string of the molecule is CC(=O)OCCCC(=O)CC=C(C)C. The maximum absolute atomic E-state index is 11.2. The summed E-state index contributed by atoms with van der Waals surface area (Å²) >= 11 is 0. The van der Waals surface area contributed by atoms with Gasteiger partial charge in [-0.25, -0.2) is 0 Å². The lowest BCUT2D eigenvalue weighted by atomic mass is 10.1. The molecule has 0 atom stereocenters. The normalized spacial score (nSPS) is 9.36. The second-order valence-electron chi connectivity index (χ2n) is 3.47. The van der Waals surface area contributed by atoms with Gasteiger partial charge in [0.05, 0.1) is 6.61 Å². The van der Waals surface area contributed by atoms with Gasteiger partial charge in [0.15, 0.2) is 0 Å². The summed E-state index contributed by atoms with van der Waals surface area (Å²) in [4.78, 5) is 21.6. The summed E-state index contributed by atoms with van der Waals surface area (Å²) in [7, 11) is 0. The van der Waals surface area contributed by atoms with Crippen LogP contribution < -0.4 is 0 Å². The van der Waals surface area contributed by atoms with Crippen molar-refractivity contribution in [3.63, 3.8) is 0 Å².